The van der Waals surface area contributed by atoms with Gasteiger partial charge in [-0.2, -0.15) is 11.8 Å². The Hall–Kier alpha value is 0.310. The van der Waals surface area contributed by atoms with Gasteiger partial charge in [0.2, 0.25) is 0 Å². The zero-order valence-electron chi connectivity index (χ0n) is 5.47. The van der Waals surface area contributed by atoms with E-state index in [9.17, 15) is 0 Å². The van der Waals surface area contributed by atoms with Gasteiger partial charge in [0.05, 0.1) is 0 Å². The molecular weight excluding hydrogens is 132 g/mol. The maximum absolute atomic E-state index is 8.82. The summed E-state index contributed by atoms with van der Waals surface area (Å²) in [7, 11) is 0. The standard InChI is InChI=1S/C7H12OS/c8-4-6-3-7(6)1-2-9-5-7/h6,8H,1-5H2. The molecule has 2 rings (SSSR count). The highest BCUT2D eigenvalue weighted by atomic mass is 32.2. The molecule has 2 fully saturated rings. The van der Waals surface area contributed by atoms with Crippen LogP contribution in [0.15, 0.2) is 0 Å². The van der Waals surface area contributed by atoms with Crippen LogP contribution in [0.25, 0.3) is 0 Å². The van der Waals surface area contributed by atoms with Crippen molar-refractivity contribution in [1.82, 2.24) is 0 Å². The third-order valence-corrected chi connectivity index (χ3v) is 3.98. The normalized spacial score (nSPS) is 48.3. The van der Waals surface area contributed by atoms with Gasteiger partial charge in [0.1, 0.15) is 0 Å². The van der Waals surface area contributed by atoms with E-state index in [2.05, 4.69) is 11.8 Å². The van der Waals surface area contributed by atoms with Gasteiger partial charge in [0.15, 0.2) is 0 Å². The lowest BCUT2D eigenvalue weighted by Crippen LogP contribution is -2.03. The van der Waals surface area contributed by atoms with Gasteiger partial charge in [-0.05, 0) is 35.7 Å². The monoisotopic (exact) mass is 144 g/mol. The Morgan fingerprint density at radius 2 is 2.56 bits per heavy atom. The van der Waals surface area contributed by atoms with Crippen LogP contribution in [-0.4, -0.2) is 23.2 Å². The summed E-state index contributed by atoms with van der Waals surface area (Å²) >= 11 is 2.05. The van der Waals surface area contributed by atoms with E-state index in [0.717, 1.165) is 0 Å². The average Bonchev–Trinajstić information content (AvgIpc) is 2.30. The largest absolute Gasteiger partial charge is 0.396 e. The minimum absolute atomic E-state index is 0.431. The van der Waals surface area contributed by atoms with Gasteiger partial charge in [-0.3, -0.25) is 0 Å². The number of aliphatic hydroxyl groups is 1. The molecule has 1 nitrogen and oxygen atoms in total. The Labute approximate surface area is 59.8 Å². The molecule has 0 aromatic carbocycles. The molecule has 52 valence electrons. The first-order chi connectivity index (χ1) is 4.37. The highest BCUT2D eigenvalue weighted by molar-refractivity contribution is 7.99. The molecule has 0 bridgehead atoms. The van der Waals surface area contributed by atoms with E-state index in [1.54, 1.807) is 0 Å². The number of hydrogen-bond acceptors (Lipinski definition) is 2. The van der Waals surface area contributed by atoms with Crippen molar-refractivity contribution in [2.45, 2.75) is 12.8 Å². The quantitative estimate of drug-likeness (QED) is 0.595. The molecule has 0 radical (unpaired) electrons. The smallest absolute Gasteiger partial charge is 0.0465 e. The van der Waals surface area contributed by atoms with Crippen molar-refractivity contribution >= 4 is 11.8 Å². The van der Waals surface area contributed by atoms with Gasteiger partial charge in [-0.15, -0.1) is 0 Å². The fourth-order valence-corrected chi connectivity index (χ4v) is 3.40. The second kappa shape index (κ2) is 1.89. The zero-order chi connectivity index (χ0) is 6.32. The van der Waals surface area contributed by atoms with E-state index in [1.165, 1.54) is 24.3 Å². The summed E-state index contributed by atoms with van der Waals surface area (Å²) < 4.78 is 0. The fourth-order valence-electron chi connectivity index (χ4n) is 1.80. The molecule has 1 heterocycles. The van der Waals surface area contributed by atoms with E-state index >= 15 is 0 Å². The van der Waals surface area contributed by atoms with E-state index in [4.69, 9.17) is 5.11 Å². The molecule has 1 saturated heterocycles. The molecule has 1 aliphatic heterocycles. The lowest BCUT2D eigenvalue weighted by Gasteiger charge is -2.02. The van der Waals surface area contributed by atoms with Crippen molar-refractivity contribution in [3.8, 4) is 0 Å². The first-order valence-electron chi connectivity index (χ1n) is 3.56. The van der Waals surface area contributed by atoms with E-state index in [0.29, 0.717) is 17.9 Å². The molecule has 1 N–H and O–H groups in total. The Bertz CT molecular complexity index is 118. The molecule has 1 aliphatic carbocycles. The molecule has 2 heteroatoms. The topological polar surface area (TPSA) is 20.2 Å². The van der Waals surface area contributed by atoms with Crippen molar-refractivity contribution in [1.29, 1.82) is 0 Å². The zero-order valence-corrected chi connectivity index (χ0v) is 6.28. The molecule has 0 aromatic rings. The van der Waals surface area contributed by atoms with Crippen LogP contribution in [0.1, 0.15) is 12.8 Å². The first kappa shape index (κ1) is 6.05. The summed E-state index contributed by atoms with van der Waals surface area (Å²) in [6, 6.07) is 0. The summed E-state index contributed by atoms with van der Waals surface area (Å²) in [6.07, 6.45) is 2.67. The molecule has 1 spiro atoms. The third-order valence-electron chi connectivity index (χ3n) is 2.71. The van der Waals surface area contributed by atoms with Crippen molar-refractivity contribution in [3.63, 3.8) is 0 Å². The fraction of sp³-hybridized carbons (Fsp3) is 1.00. The summed E-state index contributed by atoms with van der Waals surface area (Å²) in [6.45, 7) is 0.431. The van der Waals surface area contributed by atoms with Crippen LogP contribution in [-0.2, 0) is 0 Å². The summed E-state index contributed by atoms with van der Waals surface area (Å²) in [5, 5.41) is 8.82. The molecule has 2 unspecified atom stereocenters. The first-order valence-corrected chi connectivity index (χ1v) is 4.71. The van der Waals surface area contributed by atoms with Crippen molar-refractivity contribution in [2.24, 2.45) is 11.3 Å². The van der Waals surface area contributed by atoms with Crippen molar-refractivity contribution in [2.75, 3.05) is 18.1 Å². The van der Waals surface area contributed by atoms with Crippen LogP contribution in [0.2, 0.25) is 0 Å². The second-order valence-electron chi connectivity index (χ2n) is 3.25. The molecule has 0 amide bonds. The van der Waals surface area contributed by atoms with Crippen LogP contribution >= 0.6 is 11.8 Å². The lowest BCUT2D eigenvalue weighted by atomic mass is 10.0. The van der Waals surface area contributed by atoms with Crippen LogP contribution in [0.4, 0.5) is 0 Å². The molecule has 9 heavy (non-hydrogen) atoms. The predicted octanol–water partition coefficient (Wildman–Crippen LogP) is 1.12. The van der Waals surface area contributed by atoms with Gasteiger partial charge >= 0.3 is 0 Å². The van der Waals surface area contributed by atoms with E-state index in [1.807, 2.05) is 0 Å². The van der Waals surface area contributed by atoms with Gasteiger partial charge in [0.25, 0.3) is 0 Å². The summed E-state index contributed by atoms with van der Waals surface area (Å²) in [5.74, 6) is 3.32. The lowest BCUT2D eigenvalue weighted by molar-refractivity contribution is 0.254. The number of thioether (sulfide) groups is 1. The third kappa shape index (κ3) is 0.802. The van der Waals surface area contributed by atoms with Gasteiger partial charge in [0, 0.05) is 6.61 Å². The summed E-state index contributed by atoms with van der Waals surface area (Å²) in [5.41, 5.74) is 0.624. The highest BCUT2D eigenvalue weighted by Gasteiger charge is 2.54. The minimum Gasteiger partial charge on any atom is -0.396 e. The van der Waals surface area contributed by atoms with Crippen LogP contribution < -0.4 is 0 Å². The van der Waals surface area contributed by atoms with E-state index in [-0.39, 0.29) is 0 Å². The minimum atomic E-state index is 0.431. The number of rotatable bonds is 1. The van der Waals surface area contributed by atoms with Crippen LogP contribution in [0, 0.1) is 11.3 Å². The molecule has 2 aliphatic rings. The highest BCUT2D eigenvalue weighted by Crippen LogP contribution is 2.60. The Morgan fingerprint density at radius 3 is 3.00 bits per heavy atom. The maximum Gasteiger partial charge on any atom is 0.0465 e. The van der Waals surface area contributed by atoms with Gasteiger partial charge < -0.3 is 5.11 Å². The number of aliphatic hydroxyl groups excluding tert-OH is 1. The molecule has 1 saturated carbocycles. The van der Waals surface area contributed by atoms with Crippen LogP contribution in [0.5, 0.6) is 0 Å². The van der Waals surface area contributed by atoms with Crippen LogP contribution in [0.3, 0.4) is 0 Å². The predicted molar refractivity (Wildman–Crippen MR) is 39.6 cm³/mol. The van der Waals surface area contributed by atoms with Crippen molar-refractivity contribution < 1.29 is 5.11 Å². The average molecular weight is 144 g/mol. The second-order valence-corrected chi connectivity index (χ2v) is 4.35. The van der Waals surface area contributed by atoms with E-state index < -0.39 is 0 Å². The number of hydrogen-bond donors (Lipinski definition) is 1. The summed E-state index contributed by atoms with van der Waals surface area (Å²) in [4.78, 5) is 0. The Balaban J connectivity index is 1.97. The SMILES string of the molecule is OCC1CC12CCSC2. The van der Waals surface area contributed by atoms with Gasteiger partial charge in [-0.1, -0.05) is 0 Å². The van der Waals surface area contributed by atoms with Gasteiger partial charge in [-0.25, -0.2) is 0 Å². The Kier molecular flexibility index (Phi) is 1.27. The Morgan fingerprint density at radius 1 is 1.67 bits per heavy atom. The molecule has 2 atom stereocenters. The maximum atomic E-state index is 8.82. The molecule has 0 aromatic heterocycles. The molecular formula is C7H12OS. The van der Waals surface area contributed by atoms with Crippen molar-refractivity contribution in [3.05, 3.63) is 0 Å².